The van der Waals surface area contributed by atoms with Crippen molar-refractivity contribution in [2.24, 2.45) is 0 Å². The van der Waals surface area contributed by atoms with Gasteiger partial charge in [-0.3, -0.25) is 4.79 Å². The van der Waals surface area contributed by atoms with Crippen molar-refractivity contribution < 1.29 is 35.9 Å². The Bertz CT molecular complexity index is 751. The third kappa shape index (κ3) is 4.65. The minimum absolute atomic E-state index is 0.0394. The molecule has 0 saturated carbocycles. The number of hydrogen-bond donors (Lipinski definition) is 1. The zero-order valence-corrected chi connectivity index (χ0v) is 12.6. The van der Waals surface area contributed by atoms with Crippen molar-refractivity contribution in [3.8, 4) is 5.75 Å². The lowest BCUT2D eigenvalue weighted by molar-refractivity contribution is -0.143. The number of amides is 1. The molecule has 2 aromatic carbocycles. The molecule has 0 saturated heterocycles. The third-order valence-corrected chi connectivity index (χ3v) is 3.18. The maximum Gasteiger partial charge on any atom is 0.416 e. The summed E-state index contributed by atoms with van der Waals surface area (Å²) in [4.78, 5) is 12.1. The predicted molar refractivity (Wildman–Crippen MR) is 77.4 cm³/mol. The van der Waals surface area contributed by atoms with Crippen LogP contribution in [0.5, 0.6) is 5.75 Å². The number of benzene rings is 2. The molecule has 134 valence electrons. The molecule has 1 amide bonds. The number of ether oxygens (including phenoxy) is 1. The lowest BCUT2D eigenvalue weighted by atomic mass is 10.0. The van der Waals surface area contributed by atoms with Crippen molar-refractivity contribution >= 4 is 11.6 Å². The van der Waals surface area contributed by atoms with Crippen LogP contribution in [0.4, 0.5) is 32.0 Å². The Labute approximate surface area is 138 Å². The minimum atomic E-state index is -5.02. The van der Waals surface area contributed by atoms with Crippen molar-refractivity contribution in [1.82, 2.24) is 0 Å². The van der Waals surface area contributed by atoms with E-state index >= 15 is 0 Å². The topological polar surface area (TPSA) is 38.3 Å². The zero-order valence-electron chi connectivity index (χ0n) is 12.6. The lowest BCUT2D eigenvalue weighted by Gasteiger charge is -2.14. The van der Waals surface area contributed by atoms with E-state index in [0.29, 0.717) is 17.9 Å². The number of anilines is 1. The Morgan fingerprint density at radius 3 is 1.96 bits per heavy atom. The van der Waals surface area contributed by atoms with Crippen LogP contribution in [-0.4, -0.2) is 13.0 Å². The monoisotopic (exact) mass is 363 g/mol. The molecule has 0 spiro atoms. The quantitative estimate of drug-likeness (QED) is 0.781. The first-order valence-electron chi connectivity index (χ1n) is 6.75. The molecule has 0 aliphatic heterocycles. The van der Waals surface area contributed by atoms with E-state index in [9.17, 15) is 31.1 Å². The number of nitrogens with one attached hydrogen (secondary N) is 1. The maximum atomic E-state index is 12.8. The Kier molecular flexibility index (Phi) is 4.96. The lowest BCUT2D eigenvalue weighted by Crippen LogP contribution is -2.17. The van der Waals surface area contributed by atoms with Gasteiger partial charge in [-0.2, -0.15) is 26.3 Å². The number of carbonyl (C=O) groups excluding carboxylic acids is 1. The van der Waals surface area contributed by atoms with E-state index in [0.717, 1.165) is 0 Å². The van der Waals surface area contributed by atoms with Gasteiger partial charge in [0.15, 0.2) is 0 Å². The fourth-order valence-electron chi connectivity index (χ4n) is 1.99. The van der Waals surface area contributed by atoms with E-state index in [1.54, 1.807) is 6.07 Å². The molecule has 0 fully saturated rings. The molecular formula is C16H11F6NO2. The van der Waals surface area contributed by atoms with E-state index in [1.807, 2.05) is 0 Å². The average molecular weight is 363 g/mol. The van der Waals surface area contributed by atoms with Gasteiger partial charge in [0.25, 0.3) is 5.91 Å². The Morgan fingerprint density at radius 1 is 0.920 bits per heavy atom. The minimum Gasteiger partial charge on any atom is -0.497 e. The van der Waals surface area contributed by atoms with E-state index in [4.69, 9.17) is 4.74 Å². The Morgan fingerprint density at radius 2 is 1.48 bits per heavy atom. The van der Waals surface area contributed by atoms with E-state index < -0.39 is 35.0 Å². The second-order valence-corrected chi connectivity index (χ2v) is 4.98. The highest BCUT2D eigenvalue weighted by Crippen LogP contribution is 2.36. The van der Waals surface area contributed by atoms with Crippen molar-refractivity contribution in [2.75, 3.05) is 12.4 Å². The maximum absolute atomic E-state index is 12.8. The number of rotatable bonds is 3. The predicted octanol–water partition coefficient (Wildman–Crippen LogP) is 4.99. The molecule has 0 aliphatic carbocycles. The van der Waals surface area contributed by atoms with Crippen LogP contribution in [0.2, 0.25) is 0 Å². The van der Waals surface area contributed by atoms with Crippen molar-refractivity contribution in [2.45, 2.75) is 12.4 Å². The van der Waals surface area contributed by atoms with Gasteiger partial charge in [-0.05, 0) is 30.3 Å². The van der Waals surface area contributed by atoms with Gasteiger partial charge in [-0.1, -0.05) is 6.07 Å². The van der Waals surface area contributed by atoms with Gasteiger partial charge in [0, 0.05) is 17.3 Å². The largest absolute Gasteiger partial charge is 0.497 e. The van der Waals surface area contributed by atoms with Crippen LogP contribution >= 0.6 is 0 Å². The van der Waals surface area contributed by atoms with Crippen LogP contribution in [-0.2, 0) is 12.4 Å². The molecular weight excluding hydrogens is 352 g/mol. The van der Waals surface area contributed by atoms with Crippen molar-refractivity contribution in [3.05, 3.63) is 59.2 Å². The van der Waals surface area contributed by atoms with Crippen LogP contribution in [0.25, 0.3) is 0 Å². The highest BCUT2D eigenvalue weighted by atomic mass is 19.4. The first kappa shape index (κ1) is 18.6. The van der Waals surface area contributed by atoms with Crippen LogP contribution in [0, 0.1) is 0 Å². The van der Waals surface area contributed by atoms with Gasteiger partial charge in [-0.25, -0.2) is 0 Å². The van der Waals surface area contributed by atoms with E-state index in [-0.39, 0.29) is 11.8 Å². The summed E-state index contributed by atoms with van der Waals surface area (Å²) in [6.07, 6.45) is -10.0. The van der Waals surface area contributed by atoms with Crippen molar-refractivity contribution in [1.29, 1.82) is 0 Å². The van der Waals surface area contributed by atoms with Gasteiger partial charge in [-0.15, -0.1) is 0 Å². The van der Waals surface area contributed by atoms with Gasteiger partial charge in [0.05, 0.1) is 18.2 Å². The van der Waals surface area contributed by atoms with Gasteiger partial charge >= 0.3 is 12.4 Å². The number of carbonyl (C=O) groups is 1. The van der Waals surface area contributed by atoms with E-state index in [2.05, 4.69) is 5.32 Å². The zero-order chi connectivity index (χ0) is 18.8. The summed E-state index contributed by atoms with van der Waals surface area (Å²) in [5, 5.41) is 2.24. The van der Waals surface area contributed by atoms with Crippen LogP contribution in [0.3, 0.4) is 0 Å². The molecule has 1 N–H and O–H groups in total. The molecule has 3 nitrogen and oxygen atoms in total. The highest BCUT2D eigenvalue weighted by molar-refractivity contribution is 6.04. The Hall–Kier alpha value is -2.71. The molecule has 0 atom stereocenters. The summed E-state index contributed by atoms with van der Waals surface area (Å²) in [6, 6.07) is 6.54. The highest BCUT2D eigenvalue weighted by Gasteiger charge is 2.37. The molecule has 0 aliphatic rings. The smallest absolute Gasteiger partial charge is 0.416 e. The van der Waals surface area contributed by atoms with Crippen LogP contribution in [0.1, 0.15) is 21.5 Å². The molecule has 9 heteroatoms. The molecule has 2 rings (SSSR count). The average Bonchev–Trinajstić information content (AvgIpc) is 2.53. The van der Waals surface area contributed by atoms with Crippen molar-refractivity contribution in [3.63, 3.8) is 0 Å². The number of methoxy groups -OCH3 is 1. The normalized spacial score (nSPS) is 12.0. The SMILES string of the molecule is COc1cccc(NC(=O)c2cc(C(F)(F)F)cc(C(F)(F)F)c2)c1. The van der Waals surface area contributed by atoms with Crippen LogP contribution in [0.15, 0.2) is 42.5 Å². The van der Waals surface area contributed by atoms with E-state index in [1.165, 1.54) is 25.3 Å². The molecule has 0 unspecified atom stereocenters. The summed E-state index contributed by atoms with van der Waals surface area (Å²) in [5.74, 6) is -0.748. The fraction of sp³-hybridized carbons (Fsp3) is 0.188. The first-order valence-corrected chi connectivity index (χ1v) is 6.75. The summed E-state index contributed by atoms with van der Waals surface area (Å²) in [7, 11) is 1.36. The molecule has 2 aromatic rings. The second kappa shape index (κ2) is 6.66. The molecule has 0 heterocycles. The van der Waals surface area contributed by atoms with Gasteiger partial charge < -0.3 is 10.1 Å². The fourth-order valence-corrected chi connectivity index (χ4v) is 1.99. The molecule has 0 bridgehead atoms. The number of hydrogen-bond acceptors (Lipinski definition) is 2. The number of halogens is 6. The standard InChI is InChI=1S/C16H11F6NO2/c1-25-13-4-2-3-12(8-13)23-14(24)9-5-10(15(17,18)19)7-11(6-9)16(20,21)22/h2-8H,1H3,(H,23,24). The summed E-state index contributed by atoms with van der Waals surface area (Å²) >= 11 is 0. The molecule has 25 heavy (non-hydrogen) atoms. The number of alkyl halides is 6. The van der Waals surface area contributed by atoms with Crippen LogP contribution < -0.4 is 10.1 Å². The molecule has 0 radical (unpaired) electrons. The molecule has 0 aromatic heterocycles. The summed E-state index contributed by atoms with van der Waals surface area (Å²) in [6.45, 7) is 0. The Balaban J connectivity index is 2.41. The third-order valence-electron chi connectivity index (χ3n) is 3.18. The van der Waals surface area contributed by atoms with Gasteiger partial charge in [0.1, 0.15) is 5.75 Å². The summed E-state index contributed by atoms with van der Waals surface area (Å²) in [5.41, 5.74) is -3.71. The first-order chi connectivity index (χ1) is 11.5. The summed E-state index contributed by atoms with van der Waals surface area (Å²) < 4.78 is 81.8. The van der Waals surface area contributed by atoms with Gasteiger partial charge in [0.2, 0.25) is 0 Å². The second-order valence-electron chi connectivity index (χ2n) is 4.98.